The number of hydrogen-bond donors (Lipinski definition) is 0. The van der Waals surface area contributed by atoms with Gasteiger partial charge in [-0.3, -0.25) is 4.79 Å². The van der Waals surface area contributed by atoms with Crippen LogP contribution in [0.25, 0.3) is 0 Å². The summed E-state index contributed by atoms with van der Waals surface area (Å²) in [5.41, 5.74) is 1.05. The molecule has 0 bridgehead atoms. The third-order valence-corrected chi connectivity index (χ3v) is 3.30. The average Bonchev–Trinajstić information content (AvgIpc) is 2.36. The van der Waals surface area contributed by atoms with Crippen molar-refractivity contribution in [2.75, 3.05) is 20.1 Å². The van der Waals surface area contributed by atoms with E-state index in [4.69, 9.17) is 0 Å². The van der Waals surface area contributed by atoms with E-state index < -0.39 is 0 Å². The zero-order valence-electron chi connectivity index (χ0n) is 12.4. The summed E-state index contributed by atoms with van der Waals surface area (Å²) in [7, 11) is 2.02. The van der Waals surface area contributed by atoms with Crippen LogP contribution in [0.1, 0.15) is 42.6 Å². The Labute approximate surface area is 115 Å². The highest BCUT2D eigenvalue weighted by atomic mass is 19.1. The molecule has 2 nitrogen and oxygen atoms in total. The number of aryl methyl sites for hydroxylation is 1. The van der Waals surface area contributed by atoms with Crippen LogP contribution in [0, 0.1) is 18.7 Å². The number of ketones is 1. The van der Waals surface area contributed by atoms with Crippen molar-refractivity contribution in [3.05, 3.63) is 35.1 Å². The maximum absolute atomic E-state index is 13.4. The van der Waals surface area contributed by atoms with Crippen molar-refractivity contribution in [3.63, 3.8) is 0 Å². The third-order valence-electron chi connectivity index (χ3n) is 3.30. The van der Waals surface area contributed by atoms with E-state index in [0.717, 1.165) is 19.5 Å². The molecule has 0 fully saturated rings. The van der Waals surface area contributed by atoms with Crippen LogP contribution in [-0.2, 0) is 0 Å². The number of rotatable bonds is 7. The zero-order chi connectivity index (χ0) is 14.4. The molecule has 0 heterocycles. The summed E-state index contributed by atoms with van der Waals surface area (Å²) in [5.74, 6) is 0.374. The molecule has 0 aliphatic carbocycles. The van der Waals surface area contributed by atoms with Crippen LogP contribution in [-0.4, -0.2) is 30.8 Å². The van der Waals surface area contributed by atoms with Gasteiger partial charge in [-0.25, -0.2) is 4.39 Å². The first-order chi connectivity index (χ1) is 8.90. The minimum absolute atomic E-state index is 0.00953. The largest absolute Gasteiger partial charge is 0.306 e. The predicted octanol–water partition coefficient (Wildman–Crippen LogP) is 3.68. The topological polar surface area (TPSA) is 20.3 Å². The molecular formula is C16H24FNO. The Hall–Kier alpha value is -1.22. The number of hydrogen-bond acceptors (Lipinski definition) is 2. The van der Waals surface area contributed by atoms with Crippen molar-refractivity contribution >= 4 is 5.78 Å². The summed E-state index contributed by atoms with van der Waals surface area (Å²) in [4.78, 5) is 14.1. The highest BCUT2D eigenvalue weighted by molar-refractivity contribution is 5.96. The van der Waals surface area contributed by atoms with Gasteiger partial charge in [0.15, 0.2) is 5.78 Å². The van der Waals surface area contributed by atoms with Crippen LogP contribution >= 0.6 is 0 Å². The number of carbonyl (C=O) groups is 1. The lowest BCUT2D eigenvalue weighted by Gasteiger charge is -2.17. The molecule has 3 heteroatoms. The summed E-state index contributed by atoms with van der Waals surface area (Å²) >= 11 is 0. The van der Waals surface area contributed by atoms with Gasteiger partial charge < -0.3 is 4.90 Å². The maximum atomic E-state index is 13.4. The molecule has 0 N–H and O–H groups in total. The van der Waals surface area contributed by atoms with Gasteiger partial charge in [0.05, 0.1) is 0 Å². The molecule has 1 aromatic rings. The van der Waals surface area contributed by atoms with Gasteiger partial charge in [-0.2, -0.15) is 0 Å². The lowest BCUT2D eigenvalue weighted by Crippen LogP contribution is -2.24. The second-order valence-electron chi connectivity index (χ2n) is 5.62. The molecule has 1 rings (SSSR count). The maximum Gasteiger partial charge on any atom is 0.164 e. The van der Waals surface area contributed by atoms with Gasteiger partial charge in [0.2, 0.25) is 0 Å². The quantitative estimate of drug-likeness (QED) is 0.701. The van der Waals surface area contributed by atoms with E-state index in [-0.39, 0.29) is 11.6 Å². The fourth-order valence-electron chi connectivity index (χ4n) is 1.79. The van der Waals surface area contributed by atoms with Gasteiger partial charge in [-0.15, -0.1) is 0 Å². The fraction of sp³-hybridized carbons (Fsp3) is 0.562. The SMILES string of the molecule is Cc1ccc(C(=O)CCN(C)CCC(C)C)cc1F. The molecule has 0 aliphatic heterocycles. The van der Waals surface area contributed by atoms with Crippen molar-refractivity contribution < 1.29 is 9.18 Å². The summed E-state index contributed by atoms with van der Waals surface area (Å²) < 4.78 is 13.4. The molecule has 0 saturated carbocycles. The summed E-state index contributed by atoms with van der Waals surface area (Å²) in [6.07, 6.45) is 1.57. The Kier molecular flexibility index (Phi) is 6.16. The van der Waals surface area contributed by atoms with E-state index in [0.29, 0.717) is 23.5 Å². The third kappa shape index (κ3) is 5.52. The molecule has 0 spiro atoms. The Bertz CT molecular complexity index is 429. The summed E-state index contributed by atoms with van der Waals surface area (Å²) in [6.45, 7) is 7.79. The van der Waals surface area contributed by atoms with E-state index in [1.165, 1.54) is 6.07 Å². The van der Waals surface area contributed by atoms with Gasteiger partial charge in [-0.05, 0) is 44.5 Å². The Morgan fingerprint density at radius 2 is 2.00 bits per heavy atom. The number of benzene rings is 1. The first-order valence-electron chi connectivity index (χ1n) is 6.88. The molecule has 0 aromatic heterocycles. The number of Topliss-reactive ketones (excluding diaryl/α,β-unsaturated/α-hetero) is 1. The van der Waals surface area contributed by atoms with Gasteiger partial charge in [0, 0.05) is 18.5 Å². The number of carbonyl (C=O) groups excluding carboxylic acids is 1. The first kappa shape index (κ1) is 15.8. The highest BCUT2D eigenvalue weighted by Gasteiger charge is 2.09. The van der Waals surface area contributed by atoms with E-state index in [9.17, 15) is 9.18 Å². The van der Waals surface area contributed by atoms with Crippen LogP contribution in [0.5, 0.6) is 0 Å². The standard InChI is InChI=1S/C16H24FNO/c1-12(2)7-9-18(4)10-8-16(19)14-6-5-13(3)15(17)11-14/h5-6,11-12H,7-10H2,1-4H3. The van der Waals surface area contributed by atoms with Crippen molar-refractivity contribution in [1.82, 2.24) is 4.90 Å². The van der Waals surface area contributed by atoms with Crippen LogP contribution in [0.15, 0.2) is 18.2 Å². The minimum atomic E-state index is -0.306. The van der Waals surface area contributed by atoms with Gasteiger partial charge >= 0.3 is 0 Å². The molecule has 0 amide bonds. The Morgan fingerprint density at radius 3 is 2.58 bits per heavy atom. The highest BCUT2D eigenvalue weighted by Crippen LogP contribution is 2.11. The van der Waals surface area contributed by atoms with Crippen LogP contribution in [0.2, 0.25) is 0 Å². The minimum Gasteiger partial charge on any atom is -0.306 e. The molecule has 1 aromatic carbocycles. The van der Waals surface area contributed by atoms with Crippen LogP contribution in [0.4, 0.5) is 4.39 Å². The summed E-state index contributed by atoms with van der Waals surface area (Å²) in [5, 5.41) is 0. The number of nitrogens with zero attached hydrogens (tertiary/aromatic N) is 1. The van der Waals surface area contributed by atoms with Gasteiger partial charge in [0.25, 0.3) is 0 Å². The molecule has 0 unspecified atom stereocenters. The van der Waals surface area contributed by atoms with Crippen molar-refractivity contribution in [1.29, 1.82) is 0 Å². The van der Waals surface area contributed by atoms with Crippen LogP contribution < -0.4 is 0 Å². The van der Waals surface area contributed by atoms with E-state index >= 15 is 0 Å². The summed E-state index contributed by atoms with van der Waals surface area (Å²) in [6, 6.07) is 4.70. The molecule has 0 atom stereocenters. The molecular weight excluding hydrogens is 241 g/mol. The van der Waals surface area contributed by atoms with Gasteiger partial charge in [0.1, 0.15) is 5.82 Å². The average molecular weight is 265 g/mol. The molecule has 0 aliphatic rings. The van der Waals surface area contributed by atoms with E-state index in [1.807, 2.05) is 7.05 Å². The smallest absolute Gasteiger partial charge is 0.164 e. The predicted molar refractivity (Wildman–Crippen MR) is 77.0 cm³/mol. The van der Waals surface area contributed by atoms with Crippen molar-refractivity contribution in [3.8, 4) is 0 Å². The van der Waals surface area contributed by atoms with Crippen LogP contribution in [0.3, 0.4) is 0 Å². The fourth-order valence-corrected chi connectivity index (χ4v) is 1.79. The zero-order valence-corrected chi connectivity index (χ0v) is 12.4. The lowest BCUT2D eigenvalue weighted by molar-refractivity contribution is 0.0968. The Morgan fingerprint density at radius 1 is 1.32 bits per heavy atom. The van der Waals surface area contributed by atoms with Crippen molar-refractivity contribution in [2.45, 2.75) is 33.6 Å². The molecule has 0 saturated heterocycles. The molecule has 106 valence electrons. The first-order valence-corrected chi connectivity index (χ1v) is 6.88. The van der Waals surface area contributed by atoms with E-state index in [2.05, 4.69) is 18.7 Å². The lowest BCUT2D eigenvalue weighted by atomic mass is 10.1. The Balaban J connectivity index is 2.44. The second kappa shape index (κ2) is 7.39. The molecule has 0 radical (unpaired) electrons. The normalized spacial score (nSPS) is 11.3. The molecule has 19 heavy (non-hydrogen) atoms. The second-order valence-corrected chi connectivity index (χ2v) is 5.62. The van der Waals surface area contributed by atoms with Crippen molar-refractivity contribution in [2.24, 2.45) is 5.92 Å². The van der Waals surface area contributed by atoms with Gasteiger partial charge in [-0.1, -0.05) is 26.0 Å². The number of halogens is 1. The van der Waals surface area contributed by atoms with E-state index in [1.54, 1.807) is 19.1 Å². The monoisotopic (exact) mass is 265 g/mol.